The molecule has 0 saturated heterocycles. The average Bonchev–Trinajstić information content (AvgIpc) is 2.58. The van der Waals surface area contributed by atoms with Crippen LogP contribution in [0.3, 0.4) is 0 Å². The minimum Gasteiger partial charge on any atom is -0.347 e. The number of rotatable bonds is 3. The van der Waals surface area contributed by atoms with E-state index in [1.165, 1.54) is 11.1 Å². The lowest BCUT2D eigenvalue weighted by atomic mass is 9.74. The van der Waals surface area contributed by atoms with Crippen molar-refractivity contribution in [2.24, 2.45) is 11.7 Å². The van der Waals surface area contributed by atoms with Crippen LogP contribution < -0.4 is 11.1 Å². The molecule has 3 rings (SSSR count). The Morgan fingerprint density at radius 1 is 1.29 bits per heavy atom. The predicted octanol–water partition coefficient (Wildman–Crippen LogP) is 1.60. The fourth-order valence-electron chi connectivity index (χ4n) is 3.90. The van der Waals surface area contributed by atoms with E-state index in [-0.39, 0.29) is 24.3 Å². The number of nitrogens with two attached hydrogens (primary N) is 1. The zero-order chi connectivity index (χ0) is 17.2. The van der Waals surface area contributed by atoms with Gasteiger partial charge in [-0.3, -0.25) is 9.59 Å². The van der Waals surface area contributed by atoms with Crippen molar-refractivity contribution in [2.75, 3.05) is 13.1 Å². The van der Waals surface area contributed by atoms with E-state index in [2.05, 4.69) is 17.4 Å². The number of hydrogen-bond donors (Lipinski definition) is 2. The number of nitrogens with zero attached hydrogens (tertiary/aromatic N) is 1. The summed E-state index contributed by atoms with van der Waals surface area (Å²) in [6.45, 7) is 3.35. The lowest BCUT2D eigenvalue weighted by Crippen LogP contribution is -2.54. The van der Waals surface area contributed by atoms with Crippen molar-refractivity contribution in [3.8, 4) is 0 Å². The maximum atomic E-state index is 12.4. The van der Waals surface area contributed by atoms with E-state index in [4.69, 9.17) is 5.73 Å². The van der Waals surface area contributed by atoms with E-state index >= 15 is 0 Å². The van der Waals surface area contributed by atoms with E-state index in [0.29, 0.717) is 13.1 Å². The monoisotopic (exact) mass is 329 g/mol. The molecule has 1 aromatic carbocycles. The van der Waals surface area contributed by atoms with Crippen LogP contribution in [-0.4, -0.2) is 35.3 Å². The number of amides is 2. The van der Waals surface area contributed by atoms with Gasteiger partial charge in [-0.2, -0.15) is 0 Å². The van der Waals surface area contributed by atoms with Gasteiger partial charge in [-0.15, -0.1) is 0 Å². The minimum atomic E-state index is -0.463. The second-order valence-corrected chi connectivity index (χ2v) is 7.36. The molecule has 2 atom stereocenters. The van der Waals surface area contributed by atoms with Crippen molar-refractivity contribution in [1.82, 2.24) is 10.2 Å². The zero-order valence-corrected chi connectivity index (χ0v) is 14.4. The molecule has 3 N–H and O–H groups in total. The first-order chi connectivity index (χ1) is 11.5. The molecule has 1 aliphatic heterocycles. The smallest absolute Gasteiger partial charge is 0.242 e. The fraction of sp³-hybridized carbons (Fsp3) is 0.579. The zero-order valence-electron chi connectivity index (χ0n) is 14.4. The van der Waals surface area contributed by atoms with Crippen molar-refractivity contribution >= 4 is 11.8 Å². The molecule has 1 saturated carbocycles. The standard InChI is InChI=1S/C19H27N3O2/c1-19(20)10-5-4-8-16(19)18(24)21-12-17(23)22-11-9-14-6-2-3-7-15(14)13-22/h2-3,6-7,16H,4-5,8-13,20H2,1H3,(H,21,24). The van der Waals surface area contributed by atoms with Gasteiger partial charge in [0.05, 0.1) is 12.5 Å². The second kappa shape index (κ2) is 6.93. The minimum absolute atomic E-state index is 0.0209. The highest BCUT2D eigenvalue weighted by Gasteiger charge is 2.37. The molecular formula is C19H27N3O2. The summed E-state index contributed by atoms with van der Waals surface area (Å²) >= 11 is 0. The van der Waals surface area contributed by atoms with Gasteiger partial charge < -0.3 is 16.0 Å². The molecule has 5 nitrogen and oxygen atoms in total. The second-order valence-electron chi connectivity index (χ2n) is 7.36. The van der Waals surface area contributed by atoms with E-state index in [9.17, 15) is 9.59 Å². The number of hydrogen-bond acceptors (Lipinski definition) is 3. The number of carbonyl (C=O) groups is 2. The van der Waals surface area contributed by atoms with Gasteiger partial charge in [-0.25, -0.2) is 0 Å². The molecule has 0 spiro atoms. The Hall–Kier alpha value is -1.88. The molecule has 1 heterocycles. The highest BCUT2D eigenvalue weighted by Crippen LogP contribution is 2.31. The first-order valence-corrected chi connectivity index (χ1v) is 8.88. The van der Waals surface area contributed by atoms with Gasteiger partial charge in [0.15, 0.2) is 0 Å². The summed E-state index contributed by atoms with van der Waals surface area (Å²) in [5.74, 6) is -0.293. The molecule has 1 aromatic rings. The van der Waals surface area contributed by atoms with E-state index in [1.54, 1.807) is 0 Å². The van der Waals surface area contributed by atoms with Crippen molar-refractivity contribution in [1.29, 1.82) is 0 Å². The van der Waals surface area contributed by atoms with E-state index < -0.39 is 5.54 Å². The highest BCUT2D eigenvalue weighted by atomic mass is 16.2. The maximum Gasteiger partial charge on any atom is 0.242 e. The van der Waals surface area contributed by atoms with Crippen molar-refractivity contribution in [2.45, 2.75) is 51.1 Å². The van der Waals surface area contributed by atoms with Gasteiger partial charge in [-0.1, -0.05) is 37.1 Å². The summed E-state index contributed by atoms with van der Waals surface area (Å²) in [5, 5.41) is 2.82. The molecule has 1 fully saturated rings. The Morgan fingerprint density at radius 3 is 2.79 bits per heavy atom. The molecule has 24 heavy (non-hydrogen) atoms. The van der Waals surface area contributed by atoms with Crippen LogP contribution in [0.4, 0.5) is 0 Å². The predicted molar refractivity (Wildman–Crippen MR) is 93.1 cm³/mol. The van der Waals surface area contributed by atoms with Crippen LogP contribution in [0.25, 0.3) is 0 Å². The van der Waals surface area contributed by atoms with Crippen LogP contribution in [-0.2, 0) is 22.6 Å². The fourth-order valence-corrected chi connectivity index (χ4v) is 3.90. The topological polar surface area (TPSA) is 75.4 Å². The third kappa shape index (κ3) is 3.61. The molecule has 1 aliphatic carbocycles. The third-order valence-electron chi connectivity index (χ3n) is 5.47. The molecule has 0 radical (unpaired) electrons. The Balaban J connectivity index is 1.53. The summed E-state index contributed by atoms with van der Waals surface area (Å²) in [4.78, 5) is 26.7. The average molecular weight is 329 g/mol. The first kappa shape index (κ1) is 17.0. The molecule has 2 unspecified atom stereocenters. The van der Waals surface area contributed by atoms with Crippen LogP contribution in [0.1, 0.15) is 43.7 Å². The SMILES string of the molecule is CC1(N)CCCCC1C(=O)NCC(=O)N1CCc2ccccc2C1. The Morgan fingerprint density at radius 2 is 2.04 bits per heavy atom. The van der Waals surface area contributed by atoms with E-state index in [1.807, 2.05) is 24.0 Å². The van der Waals surface area contributed by atoms with Crippen LogP contribution in [0.5, 0.6) is 0 Å². The summed E-state index contributed by atoms with van der Waals surface area (Å²) in [5.41, 5.74) is 8.32. The van der Waals surface area contributed by atoms with Crippen LogP contribution in [0, 0.1) is 5.92 Å². The van der Waals surface area contributed by atoms with Gasteiger partial charge in [0, 0.05) is 18.6 Å². The van der Waals surface area contributed by atoms with E-state index in [0.717, 1.165) is 32.1 Å². The van der Waals surface area contributed by atoms with Gasteiger partial charge in [0.1, 0.15) is 0 Å². The van der Waals surface area contributed by atoms with Gasteiger partial charge in [0.2, 0.25) is 11.8 Å². The van der Waals surface area contributed by atoms with Gasteiger partial charge in [0.25, 0.3) is 0 Å². The molecule has 0 bridgehead atoms. The summed E-state index contributed by atoms with van der Waals surface area (Å²) in [7, 11) is 0. The van der Waals surface area contributed by atoms with Crippen molar-refractivity contribution in [3.63, 3.8) is 0 Å². The number of benzene rings is 1. The Bertz CT molecular complexity index is 627. The number of carbonyl (C=O) groups excluding carboxylic acids is 2. The molecule has 2 amide bonds. The van der Waals surface area contributed by atoms with Gasteiger partial charge >= 0.3 is 0 Å². The Kier molecular flexibility index (Phi) is 4.90. The number of fused-ring (bicyclic) bond motifs is 1. The summed E-state index contributed by atoms with van der Waals surface area (Å²) < 4.78 is 0. The molecule has 2 aliphatic rings. The lowest BCUT2D eigenvalue weighted by molar-refractivity contribution is -0.135. The molecule has 0 aromatic heterocycles. The molecule has 130 valence electrons. The maximum absolute atomic E-state index is 12.4. The first-order valence-electron chi connectivity index (χ1n) is 8.88. The van der Waals surface area contributed by atoms with Crippen LogP contribution in [0.15, 0.2) is 24.3 Å². The van der Waals surface area contributed by atoms with Crippen molar-refractivity contribution < 1.29 is 9.59 Å². The number of nitrogens with one attached hydrogen (secondary N) is 1. The normalized spacial score (nSPS) is 26.6. The van der Waals surface area contributed by atoms with Crippen molar-refractivity contribution in [3.05, 3.63) is 35.4 Å². The molecular weight excluding hydrogens is 302 g/mol. The summed E-state index contributed by atoms with van der Waals surface area (Å²) in [6.07, 6.45) is 4.65. The van der Waals surface area contributed by atoms with Crippen LogP contribution >= 0.6 is 0 Å². The quantitative estimate of drug-likeness (QED) is 0.884. The summed E-state index contributed by atoms with van der Waals surface area (Å²) in [6, 6.07) is 8.21. The largest absolute Gasteiger partial charge is 0.347 e. The highest BCUT2D eigenvalue weighted by molar-refractivity contribution is 5.86. The Labute approximate surface area is 143 Å². The third-order valence-corrected chi connectivity index (χ3v) is 5.47. The van der Waals surface area contributed by atoms with Crippen LogP contribution in [0.2, 0.25) is 0 Å². The lowest BCUT2D eigenvalue weighted by Gasteiger charge is -2.37. The van der Waals surface area contributed by atoms with Gasteiger partial charge in [-0.05, 0) is 37.3 Å². The molecule has 5 heteroatoms.